The summed E-state index contributed by atoms with van der Waals surface area (Å²) in [6.45, 7) is 9.99. The molecule has 0 radical (unpaired) electrons. The molecule has 40 heavy (non-hydrogen) atoms. The third kappa shape index (κ3) is 5.27. The van der Waals surface area contributed by atoms with Gasteiger partial charge in [0.15, 0.2) is 11.5 Å². The molecule has 0 amide bonds. The predicted octanol–water partition coefficient (Wildman–Crippen LogP) is 6.31. The van der Waals surface area contributed by atoms with E-state index in [9.17, 15) is 5.26 Å². The molecule has 0 aliphatic carbocycles. The molecule has 0 unspecified atom stereocenters. The predicted molar refractivity (Wildman–Crippen MR) is 157 cm³/mol. The van der Waals surface area contributed by atoms with Crippen molar-refractivity contribution in [1.29, 1.82) is 5.26 Å². The molecule has 1 aliphatic heterocycles. The minimum Gasteiger partial charge on any atom is -0.493 e. The van der Waals surface area contributed by atoms with Crippen molar-refractivity contribution in [3.8, 4) is 28.8 Å². The van der Waals surface area contributed by atoms with Crippen molar-refractivity contribution >= 4 is 39.9 Å². The lowest BCUT2D eigenvalue weighted by Crippen LogP contribution is -2.69. The summed E-state index contributed by atoms with van der Waals surface area (Å²) in [5.41, 5.74) is 3.25. The summed E-state index contributed by atoms with van der Waals surface area (Å²) in [5, 5.41) is 22.9. The number of nitrogens with one attached hydrogen (secondary N) is 2. The fourth-order valence-electron chi connectivity index (χ4n) is 5.21. The number of ether oxygens (including phenoxy) is 2. The van der Waals surface area contributed by atoms with Crippen LogP contribution >= 0.6 is 23.2 Å². The molecule has 9 nitrogen and oxygen atoms in total. The Hall–Kier alpha value is -3.58. The number of anilines is 1. The van der Waals surface area contributed by atoms with Crippen LogP contribution < -0.4 is 19.7 Å². The van der Waals surface area contributed by atoms with Crippen LogP contribution in [-0.4, -0.2) is 51.9 Å². The molecule has 3 aromatic heterocycles. The molecule has 2 atom stereocenters. The van der Waals surface area contributed by atoms with Gasteiger partial charge in [0, 0.05) is 60.3 Å². The Morgan fingerprint density at radius 3 is 2.52 bits per heavy atom. The number of H-pyrrole nitrogens is 1. The maximum Gasteiger partial charge on any atom is 0.162 e. The van der Waals surface area contributed by atoms with Crippen LogP contribution in [0.5, 0.6) is 11.5 Å². The lowest BCUT2D eigenvalue weighted by atomic mass is 9.90. The molecule has 208 valence electrons. The van der Waals surface area contributed by atoms with Crippen LogP contribution in [0.1, 0.15) is 51.3 Å². The van der Waals surface area contributed by atoms with Crippen LogP contribution in [0.2, 0.25) is 10.0 Å². The Morgan fingerprint density at radius 2 is 1.88 bits per heavy atom. The van der Waals surface area contributed by atoms with E-state index in [2.05, 4.69) is 52.2 Å². The SMILES string of the molecule is CC[C@H](C)NC1(C)CN(c2ncc(-c3n[nH]c4cc(OC)c(O[C@H](C)c5c(Cl)cncc5Cl)cc34)cc2C#N)C1. The molecule has 0 bridgehead atoms. The highest BCUT2D eigenvalue weighted by Crippen LogP contribution is 2.40. The molecule has 2 N–H and O–H groups in total. The molecular weight excluding hydrogens is 549 g/mol. The minimum absolute atomic E-state index is 0.00177. The Labute approximate surface area is 243 Å². The number of rotatable bonds is 9. The van der Waals surface area contributed by atoms with Crippen molar-refractivity contribution in [2.24, 2.45) is 0 Å². The van der Waals surface area contributed by atoms with Crippen LogP contribution in [0.4, 0.5) is 5.82 Å². The van der Waals surface area contributed by atoms with Crippen LogP contribution in [-0.2, 0) is 0 Å². The summed E-state index contributed by atoms with van der Waals surface area (Å²) in [5.74, 6) is 1.70. The minimum atomic E-state index is -0.479. The van der Waals surface area contributed by atoms with E-state index in [1.807, 2.05) is 25.1 Å². The lowest BCUT2D eigenvalue weighted by Gasteiger charge is -2.50. The van der Waals surface area contributed by atoms with E-state index in [4.69, 9.17) is 37.7 Å². The molecule has 4 aromatic rings. The first-order valence-electron chi connectivity index (χ1n) is 13.1. The standard InChI is InChI=1S/C29H31Cl2N7O2/c1-6-16(2)35-29(4)14-38(15-29)28-18(10-32)7-19(11-34-28)27-20-8-25(24(39-5)9-23(20)36-37-27)40-17(3)26-21(30)12-33-13-22(26)31/h7-9,11-13,16-17,35H,6,14-15H2,1-5H3,(H,36,37)/t16-,17+/m0/s1. The van der Waals surface area contributed by atoms with E-state index in [0.717, 1.165) is 36.0 Å². The zero-order chi connectivity index (χ0) is 28.6. The number of hydrogen-bond donors (Lipinski definition) is 2. The topological polar surface area (TPSA) is 112 Å². The zero-order valence-corrected chi connectivity index (χ0v) is 24.6. The molecular formula is C29H31Cl2N7O2. The number of benzene rings is 1. The van der Waals surface area contributed by atoms with Gasteiger partial charge in [-0.1, -0.05) is 30.1 Å². The van der Waals surface area contributed by atoms with Crippen molar-refractivity contribution in [3.05, 3.63) is 58.0 Å². The third-order valence-electron chi connectivity index (χ3n) is 7.29. The fraction of sp³-hybridized carbons (Fsp3) is 0.379. The average molecular weight is 581 g/mol. The summed E-state index contributed by atoms with van der Waals surface area (Å²) >= 11 is 12.7. The number of nitrogens with zero attached hydrogens (tertiary/aromatic N) is 5. The molecule has 1 saturated heterocycles. The summed E-state index contributed by atoms with van der Waals surface area (Å²) in [4.78, 5) is 10.8. The Morgan fingerprint density at radius 1 is 1.15 bits per heavy atom. The molecule has 1 aliphatic rings. The van der Waals surface area contributed by atoms with Gasteiger partial charge in [0.05, 0.1) is 33.8 Å². The maximum absolute atomic E-state index is 9.98. The van der Waals surface area contributed by atoms with Gasteiger partial charge >= 0.3 is 0 Å². The molecule has 0 spiro atoms. The first kappa shape index (κ1) is 28.0. The van der Waals surface area contributed by atoms with Gasteiger partial charge in [-0.2, -0.15) is 10.4 Å². The fourth-order valence-corrected chi connectivity index (χ4v) is 5.88. The smallest absolute Gasteiger partial charge is 0.162 e. The maximum atomic E-state index is 9.98. The number of fused-ring (bicyclic) bond motifs is 1. The van der Waals surface area contributed by atoms with Crippen LogP contribution in [0.25, 0.3) is 22.2 Å². The average Bonchev–Trinajstić information content (AvgIpc) is 3.33. The van der Waals surface area contributed by atoms with Crippen molar-refractivity contribution in [2.75, 3.05) is 25.1 Å². The number of hydrogen-bond acceptors (Lipinski definition) is 8. The molecule has 11 heteroatoms. The van der Waals surface area contributed by atoms with Gasteiger partial charge in [0.25, 0.3) is 0 Å². The summed E-state index contributed by atoms with van der Waals surface area (Å²) in [7, 11) is 1.57. The monoisotopic (exact) mass is 579 g/mol. The summed E-state index contributed by atoms with van der Waals surface area (Å²) in [6, 6.07) is 8.26. The second-order valence-electron chi connectivity index (χ2n) is 10.5. The normalized spacial score (nSPS) is 15.8. The van der Waals surface area contributed by atoms with Gasteiger partial charge in [-0.3, -0.25) is 10.1 Å². The Kier molecular flexibility index (Phi) is 7.78. The van der Waals surface area contributed by atoms with Gasteiger partial charge in [-0.05, 0) is 39.3 Å². The lowest BCUT2D eigenvalue weighted by molar-refractivity contribution is 0.216. The summed E-state index contributed by atoms with van der Waals surface area (Å²) < 4.78 is 11.9. The molecule has 0 saturated carbocycles. The van der Waals surface area contributed by atoms with Crippen LogP contribution in [0, 0.1) is 11.3 Å². The largest absolute Gasteiger partial charge is 0.493 e. The highest BCUT2D eigenvalue weighted by Gasteiger charge is 2.40. The van der Waals surface area contributed by atoms with E-state index in [1.54, 1.807) is 13.3 Å². The van der Waals surface area contributed by atoms with Crippen molar-refractivity contribution in [3.63, 3.8) is 0 Å². The van der Waals surface area contributed by atoms with Crippen LogP contribution in [0.3, 0.4) is 0 Å². The first-order valence-corrected chi connectivity index (χ1v) is 13.9. The number of pyridine rings is 2. The highest BCUT2D eigenvalue weighted by atomic mass is 35.5. The molecule has 1 aromatic carbocycles. The molecule has 1 fully saturated rings. The van der Waals surface area contributed by atoms with E-state index in [-0.39, 0.29) is 5.54 Å². The first-order chi connectivity index (χ1) is 19.2. The number of nitriles is 1. The van der Waals surface area contributed by atoms with Crippen molar-refractivity contribution < 1.29 is 9.47 Å². The van der Waals surface area contributed by atoms with E-state index >= 15 is 0 Å². The third-order valence-corrected chi connectivity index (χ3v) is 7.90. The zero-order valence-electron chi connectivity index (χ0n) is 23.0. The van der Waals surface area contributed by atoms with E-state index < -0.39 is 6.10 Å². The molecule has 4 heterocycles. The van der Waals surface area contributed by atoms with Gasteiger partial charge in [-0.25, -0.2) is 4.98 Å². The van der Waals surface area contributed by atoms with E-state index in [1.165, 1.54) is 12.4 Å². The second-order valence-corrected chi connectivity index (χ2v) is 11.3. The Balaban J connectivity index is 1.45. The van der Waals surface area contributed by atoms with Crippen molar-refractivity contribution in [2.45, 2.75) is 51.8 Å². The number of halogens is 2. The second kappa shape index (κ2) is 11.1. The van der Waals surface area contributed by atoms with Crippen molar-refractivity contribution in [1.82, 2.24) is 25.5 Å². The van der Waals surface area contributed by atoms with Crippen LogP contribution in [0.15, 0.2) is 36.8 Å². The van der Waals surface area contributed by atoms with Gasteiger partial charge in [-0.15, -0.1) is 0 Å². The summed E-state index contributed by atoms with van der Waals surface area (Å²) in [6.07, 6.45) is 5.40. The van der Waals surface area contributed by atoms with E-state index in [0.29, 0.717) is 50.2 Å². The van der Waals surface area contributed by atoms with Gasteiger partial charge in [0.2, 0.25) is 0 Å². The Bertz CT molecular complexity index is 1570. The number of aromatic amines is 1. The van der Waals surface area contributed by atoms with Gasteiger partial charge < -0.3 is 19.7 Å². The van der Waals surface area contributed by atoms with Gasteiger partial charge in [0.1, 0.15) is 23.7 Å². The molecule has 5 rings (SSSR count). The number of aromatic nitrogens is 4. The quantitative estimate of drug-likeness (QED) is 0.237. The number of methoxy groups -OCH3 is 1. The highest BCUT2D eigenvalue weighted by molar-refractivity contribution is 6.35.